The summed E-state index contributed by atoms with van der Waals surface area (Å²) >= 11 is 0. The molecule has 1 unspecified atom stereocenters. The highest BCUT2D eigenvalue weighted by Crippen LogP contribution is 2.17. The van der Waals surface area contributed by atoms with Crippen molar-refractivity contribution in [3.8, 4) is 0 Å². The van der Waals surface area contributed by atoms with E-state index in [4.69, 9.17) is 0 Å². The summed E-state index contributed by atoms with van der Waals surface area (Å²) < 4.78 is 0. The highest BCUT2D eigenvalue weighted by molar-refractivity contribution is 6.00. The molecular weight excluding hydrogens is 236 g/mol. The second-order valence-electron chi connectivity index (χ2n) is 4.84. The molecule has 104 valence electrons. The second kappa shape index (κ2) is 8.65. The van der Waals surface area contributed by atoms with E-state index >= 15 is 0 Å². The minimum atomic E-state index is -0.644. The molecule has 1 aromatic carbocycles. The van der Waals surface area contributed by atoms with Crippen molar-refractivity contribution >= 4 is 11.9 Å². The van der Waals surface area contributed by atoms with Gasteiger partial charge < -0.3 is 5.11 Å². The van der Waals surface area contributed by atoms with E-state index in [2.05, 4.69) is 6.92 Å². The fraction of sp³-hybridized carbons (Fsp3) is 0.471. The molecule has 1 rings (SSSR count). The van der Waals surface area contributed by atoms with E-state index in [0.717, 1.165) is 24.8 Å². The molecule has 0 fully saturated rings. The van der Waals surface area contributed by atoms with Crippen molar-refractivity contribution in [3.05, 3.63) is 41.5 Å². The average molecular weight is 260 g/mol. The molecule has 0 aliphatic carbocycles. The molecule has 0 radical (unpaired) electrons. The minimum absolute atomic E-state index is 0.0756. The lowest BCUT2D eigenvalue weighted by Crippen LogP contribution is -2.17. The zero-order valence-corrected chi connectivity index (χ0v) is 11.9. The van der Waals surface area contributed by atoms with Crippen LogP contribution in [0, 0.1) is 0 Å². The lowest BCUT2D eigenvalue weighted by atomic mass is 9.96. The molecule has 0 spiro atoms. The number of carbonyl (C=O) groups excluding carboxylic acids is 1. The van der Waals surface area contributed by atoms with Crippen LogP contribution in [0.1, 0.15) is 51.5 Å². The Kier molecular flexibility index (Phi) is 7.12. The summed E-state index contributed by atoms with van der Waals surface area (Å²) in [6.07, 6.45) is 5.09. The van der Waals surface area contributed by atoms with Gasteiger partial charge in [-0.05, 0) is 24.5 Å². The van der Waals surface area contributed by atoms with Crippen LogP contribution in [0.25, 0.3) is 6.08 Å². The Balaban J connectivity index is 2.91. The van der Waals surface area contributed by atoms with Gasteiger partial charge in [0.25, 0.3) is 0 Å². The molecule has 1 N–H and O–H groups in total. The first kappa shape index (κ1) is 15.6. The van der Waals surface area contributed by atoms with Gasteiger partial charge in [-0.15, -0.1) is 0 Å². The predicted octanol–water partition coefficient (Wildman–Crippen LogP) is 3.99. The molecule has 0 aliphatic heterocycles. The van der Waals surface area contributed by atoms with Gasteiger partial charge in [-0.2, -0.15) is 0 Å². The van der Waals surface area contributed by atoms with Gasteiger partial charge in [0.2, 0.25) is 0 Å². The monoisotopic (exact) mass is 260 g/mol. The molecule has 0 saturated heterocycles. The number of hydrogen-bond acceptors (Lipinski definition) is 2. The number of aliphatic hydroxyl groups excluding tert-OH is 1. The van der Waals surface area contributed by atoms with Crippen molar-refractivity contribution in [1.29, 1.82) is 0 Å². The smallest absolute Gasteiger partial charge is 0.161 e. The third-order valence-corrected chi connectivity index (χ3v) is 3.12. The molecule has 0 aliphatic rings. The first-order valence-corrected chi connectivity index (χ1v) is 7.17. The maximum Gasteiger partial charge on any atom is 0.161 e. The molecular formula is C17H24O2. The highest BCUT2D eigenvalue weighted by Gasteiger charge is 2.17. The summed E-state index contributed by atoms with van der Waals surface area (Å²) in [6.45, 7) is 4.08. The van der Waals surface area contributed by atoms with Crippen molar-refractivity contribution in [2.45, 2.75) is 52.1 Å². The summed E-state index contributed by atoms with van der Waals surface area (Å²) in [5, 5.41) is 10.2. The SMILES string of the molecule is CCCCC(=O)/C(=C\c1ccccc1)C(O)CCC. The van der Waals surface area contributed by atoms with Crippen molar-refractivity contribution in [1.82, 2.24) is 0 Å². The molecule has 2 nitrogen and oxygen atoms in total. The van der Waals surface area contributed by atoms with Crippen LogP contribution in [0.5, 0.6) is 0 Å². The zero-order valence-electron chi connectivity index (χ0n) is 11.9. The van der Waals surface area contributed by atoms with Crippen molar-refractivity contribution in [2.75, 3.05) is 0 Å². The minimum Gasteiger partial charge on any atom is -0.388 e. The van der Waals surface area contributed by atoms with Crippen LogP contribution in [0.4, 0.5) is 0 Å². The largest absolute Gasteiger partial charge is 0.388 e. The Bertz CT molecular complexity index is 407. The van der Waals surface area contributed by atoms with E-state index in [1.807, 2.05) is 43.3 Å². The van der Waals surface area contributed by atoms with Gasteiger partial charge >= 0.3 is 0 Å². The van der Waals surface area contributed by atoms with E-state index in [-0.39, 0.29) is 5.78 Å². The van der Waals surface area contributed by atoms with Gasteiger partial charge in [0.05, 0.1) is 6.10 Å². The van der Waals surface area contributed by atoms with Crippen LogP contribution < -0.4 is 0 Å². The number of ketones is 1. The van der Waals surface area contributed by atoms with E-state index in [9.17, 15) is 9.90 Å². The second-order valence-corrected chi connectivity index (χ2v) is 4.84. The highest BCUT2D eigenvalue weighted by atomic mass is 16.3. The summed E-state index contributed by atoms with van der Waals surface area (Å²) in [4.78, 5) is 12.2. The molecule has 0 heterocycles. The zero-order chi connectivity index (χ0) is 14.1. The topological polar surface area (TPSA) is 37.3 Å². The molecule has 0 amide bonds. The maximum atomic E-state index is 12.2. The average Bonchev–Trinajstić information content (AvgIpc) is 2.43. The third-order valence-electron chi connectivity index (χ3n) is 3.12. The van der Waals surface area contributed by atoms with Crippen molar-refractivity contribution < 1.29 is 9.90 Å². The van der Waals surface area contributed by atoms with Gasteiger partial charge in [-0.3, -0.25) is 4.79 Å². The molecule has 1 atom stereocenters. The molecule has 1 aromatic rings. The van der Waals surface area contributed by atoms with Crippen molar-refractivity contribution in [3.63, 3.8) is 0 Å². The van der Waals surface area contributed by atoms with Crippen LogP contribution >= 0.6 is 0 Å². The predicted molar refractivity (Wildman–Crippen MR) is 79.9 cm³/mol. The number of carbonyl (C=O) groups is 1. The number of rotatable bonds is 8. The van der Waals surface area contributed by atoms with E-state index in [1.165, 1.54) is 0 Å². The Morgan fingerprint density at radius 2 is 1.89 bits per heavy atom. The van der Waals surface area contributed by atoms with Gasteiger partial charge in [-0.1, -0.05) is 57.0 Å². The number of benzene rings is 1. The van der Waals surface area contributed by atoms with Crippen molar-refractivity contribution in [2.24, 2.45) is 0 Å². The lowest BCUT2D eigenvalue weighted by Gasteiger charge is -2.13. The Morgan fingerprint density at radius 1 is 1.21 bits per heavy atom. The summed E-state index contributed by atoms with van der Waals surface area (Å²) in [7, 11) is 0. The Morgan fingerprint density at radius 3 is 2.47 bits per heavy atom. The molecule has 2 heteroatoms. The van der Waals surface area contributed by atoms with Crippen LogP contribution in [-0.2, 0) is 4.79 Å². The molecule has 0 bridgehead atoms. The fourth-order valence-electron chi connectivity index (χ4n) is 2.00. The number of aliphatic hydroxyl groups is 1. The third kappa shape index (κ3) is 5.39. The molecule has 19 heavy (non-hydrogen) atoms. The standard InChI is InChI=1S/C17H24O2/c1-3-5-12-17(19)15(16(18)9-4-2)13-14-10-7-6-8-11-14/h6-8,10-11,13,16,18H,3-5,9,12H2,1-2H3/b15-13-. The van der Waals surface area contributed by atoms with Crippen LogP contribution in [0.3, 0.4) is 0 Å². The summed E-state index contributed by atoms with van der Waals surface area (Å²) in [6, 6.07) is 9.72. The van der Waals surface area contributed by atoms with Gasteiger partial charge in [0, 0.05) is 12.0 Å². The first-order chi connectivity index (χ1) is 9.19. The Hall–Kier alpha value is -1.41. The summed E-state index contributed by atoms with van der Waals surface area (Å²) in [5.41, 5.74) is 1.53. The van der Waals surface area contributed by atoms with Crippen LogP contribution in [0.15, 0.2) is 35.9 Å². The van der Waals surface area contributed by atoms with Crippen LogP contribution in [0.2, 0.25) is 0 Å². The van der Waals surface area contributed by atoms with Gasteiger partial charge in [0.1, 0.15) is 0 Å². The first-order valence-electron chi connectivity index (χ1n) is 7.17. The van der Waals surface area contributed by atoms with Gasteiger partial charge in [-0.25, -0.2) is 0 Å². The molecule has 0 aromatic heterocycles. The van der Waals surface area contributed by atoms with E-state index in [0.29, 0.717) is 18.4 Å². The summed E-state index contributed by atoms with van der Waals surface area (Å²) in [5.74, 6) is 0.0756. The van der Waals surface area contributed by atoms with E-state index in [1.54, 1.807) is 0 Å². The maximum absolute atomic E-state index is 12.2. The fourth-order valence-corrected chi connectivity index (χ4v) is 2.00. The molecule has 0 saturated carbocycles. The quantitative estimate of drug-likeness (QED) is 0.718. The normalized spacial score (nSPS) is 13.3. The number of hydrogen-bond donors (Lipinski definition) is 1. The number of Topliss-reactive ketones (excluding diaryl/α,β-unsaturated/α-hetero) is 1. The van der Waals surface area contributed by atoms with Gasteiger partial charge in [0.15, 0.2) is 5.78 Å². The number of unbranched alkanes of at least 4 members (excludes halogenated alkanes) is 1. The van der Waals surface area contributed by atoms with E-state index < -0.39 is 6.10 Å². The Labute approximate surface area is 116 Å². The van der Waals surface area contributed by atoms with Crippen LogP contribution in [-0.4, -0.2) is 17.0 Å². The lowest BCUT2D eigenvalue weighted by molar-refractivity contribution is -0.116.